The van der Waals surface area contributed by atoms with Crippen molar-refractivity contribution in [3.63, 3.8) is 0 Å². The van der Waals surface area contributed by atoms with Gasteiger partial charge < -0.3 is 14.8 Å². The number of rotatable bonds is 9. The maximum atomic E-state index is 13.0. The molecule has 190 valence electrons. The van der Waals surface area contributed by atoms with E-state index in [4.69, 9.17) is 44.9 Å². The molecule has 1 aliphatic rings. The number of hydrogen-bond donors (Lipinski definition) is 1. The normalized spacial score (nSPS) is 14.2. The van der Waals surface area contributed by atoms with Gasteiger partial charge in [0, 0.05) is 0 Å². The Balaban J connectivity index is 1.45. The lowest BCUT2D eigenvalue weighted by atomic mass is 10.1. The van der Waals surface area contributed by atoms with Crippen molar-refractivity contribution in [2.75, 3.05) is 18.5 Å². The van der Waals surface area contributed by atoms with Crippen molar-refractivity contribution in [2.45, 2.75) is 13.5 Å². The van der Waals surface area contributed by atoms with E-state index in [0.29, 0.717) is 44.6 Å². The van der Waals surface area contributed by atoms with Gasteiger partial charge in [-0.2, -0.15) is 0 Å². The first-order chi connectivity index (χ1) is 17.9. The largest absolute Gasteiger partial charge is 0.490 e. The average molecular weight is 574 g/mol. The molecular weight excluding hydrogens is 551 g/mol. The number of carbonyl (C=O) groups excluding carboxylic acids is 2. The third-order valence-corrected chi connectivity index (χ3v) is 7.40. The quantitative estimate of drug-likeness (QED) is 0.224. The molecule has 37 heavy (non-hydrogen) atoms. The van der Waals surface area contributed by atoms with Gasteiger partial charge >= 0.3 is 0 Å². The van der Waals surface area contributed by atoms with Crippen LogP contribution in [-0.4, -0.2) is 34.2 Å². The van der Waals surface area contributed by atoms with Crippen LogP contribution in [0.2, 0.25) is 10.0 Å². The molecule has 3 aromatic carbocycles. The number of carbonyl (C=O) groups is 2. The molecule has 1 heterocycles. The summed E-state index contributed by atoms with van der Waals surface area (Å²) < 4.78 is 11.9. The van der Waals surface area contributed by atoms with Gasteiger partial charge in [0.1, 0.15) is 4.32 Å². The molecule has 6 nitrogen and oxygen atoms in total. The van der Waals surface area contributed by atoms with Gasteiger partial charge in [-0.25, -0.2) is 0 Å². The Labute approximate surface area is 234 Å². The van der Waals surface area contributed by atoms with E-state index in [2.05, 4.69) is 5.32 Å². The lowest BCUT2D eigenvalue weighted by molar-refractivity contribution is -0.122. The number of hydrogen-bond acceptors (Lipinski definition) is 6. The van der Waals surface area contributed by atoms with Gasteiger partial charge in [-0.05, 0) is 48.4 Å². The SMILES string of the molecule is CCOc1cc(/C=C2\SC(=S)N(Cc3ccccc3)C2=O)ccc1OCC(=O)Nc1cccc(Cl)c1Cl. The van der Waals surface area contributed by atoms with Crippen LogP contribution in [0.25, 0.3) is 6.08 Å². The number of thioether (sulfide) groups is 1. The Hall–Kier alpha value is -3.04. The van der Waals surface area contributed by atoms with E-state index in [0.717, 1.165) is 11.1 Å². The Morgan fingerprint density at radius 1 is 1.05 bits per heavy atom. The Morgan fingerprint density at radius 2 is 1.84 bits per heavy atom. The first-order valence-electron chi connectivity index (χ1n) is 11.3. The van der Waals surface area contributed by atoms with Crippen LogP contribution in [0.3, 0.4) is 0 Å². The minimum atomic E-state index is -0.405. The molecule has 10 heteroatoms. The van der Waals surface area contributed by atoms with Gasteiger partial charge in [0.05, 0.1) is 33.8 Å². The molecule has 1 aliphatic heterocycles. The van der Waals surface area contributed by atoms with Crippen LogP contribution in [-0.2, 0) is 16.1 Å². The summed E-state index contributed by atoms with van der Waals surface area (Å²) in [5.74, 6) is 0.291. The first-order valence-corrected chi connectivity index (χ1v) is 13.3. The highest BCUT2D eigenvalue weighted by molar-refractivity contribution is 8.26. The molecule has 4 rings (SSSR count). The van der Waals surface area contributed by atoms with Gasteiger partial charge in [-0.1, -0.05) is 89.6 Å². The topological polar surface area (TPSA) is 67.9 Å². The molecule has 0 radical (unpaired) electrons. The fourth-order valence-electron chi connectivity index (χ4n) is 3.49. The van der Waals surface area contributed by atoms with Crippen molar-refractivity contribution in [1.29, 1.82) is 0 Å². The molecule has 3 aromatic rings. The van der Waals surface area contributed by atoms with Crippen molar-refractivity contribution >= 4 is 75.1 Å². The van der Waals surface area contributed by atoms with Crippen molar-refractivity contribution in [3.8, 4) is 11.5 Å². The number of anilines is 1. The minimum absolute atomic E-state index is 0.145. The summed E-state index contributed by atoms with van der Waals surface area (Å²) in [5.41, 5.74) is 2.14. The van der Waals surface area contributed by atoms with Gasteiger partial charge in [0.2, 0.25) is 0 Å². The van der Waals surface area contributed by atoms with Crippen molar-refractivity contribution in [1.82, 2.24) is 4.90 Å². The fourth-order valence-corrected chi connectivity index (χ4v) is 5.09. The van der Waals surface area contributed by atoms with Crippen LogP contribution in [0, 0.1) is 0 Å². The first kappa shape index (κ1) is 27.0. The molecule has 1 N–H and O–H groups in total. The van der Waals surface area contributed by atoms with E-state index in [1.165, 1.54) is 11.8 Å². The number of thiocarbonyl (C=S) groups is 1. The summed E-state index contributed by atoms with van der Waals surface area (Å²) in [6.07, 6.45) is 1.77. The summed E-state index contributed by atoms with van der Waals surface area (Å²) in [4.78, 5) is 27.5. The van der Waals surface area contributed by atoms with E-state index in [-0.39, 0.29) is 17.5 Å². The maximum absolute atomic E-state index is 13.0. The molecule has 2 amide bonds. The van der Waals surface area contributed by atoms with Crippen molar-refractivity contribution < 1.29 is 19.1 Å². The highest BCUT2D eigenvalue weighted by Gasteiger charge is 2.32. The molecule has 0 unspecified atom stereocenters. The summed E-state index contributed by atoms with van der Waals surface area (Å²) in [6, 6.07) is 19.9. The molecular formula is C27H22Cl2N2O4S2. The molecule has 0 bridgehead atoms. The third kappa shape index (κ3) is 6.84. The average Bonchev–Trinajstić information content (AvgIpc) is 3.14. The second-order valence-corrected chi connectivity index (χ2v) is 10.3. The maximum Gasteiger partial charge on any atom is 0.266 e. The van der Waals surface area contributed by atoms with Crippen LogP contribution in [0.5, 0.6) is 11.5 Å². The second kappa shape index (κ2) is 12.5. The van der Waals surface area contributed by atoms with E-state index in [1.54, 1.807) is 47.4 Å². The van der Waals surface area contributed by atoms with Gasteiger partial charge in [-0.15, -0.1) is 0 Å². The fraction of sp³-hybridized carbons (Fsp3) is 0.148. The molecule has 0 spiro atoms. The monoisotopic (exact) mass is 572 g/mol. The van der Waals surface area contributed by atoms with E-state index >= 15 is 0 Å². The predicted molar refractivity (Wildman–Crippen MR) is 153 cm³/mol. The van der Waals surface area contributed by atoms with Gasteiger partial charge in [0.25, 0.3) is 11.8 Å². The molecule has 0 atom stereocenters. The van der Waals surface area contributed by atoms with Crippen molar-refractivity contribution in [2.24, 2.45) is 0 Å². The second-order valence-electron chi connectivity index (χ2n) is 7.83. The molecule has 1 saturated heterocycles. The zero-order chi connectivity index (χ0) is 26.4. The van der Waals surface area contributed by atoms with Gasteiger partial charge in [0.15, 0.2) is 18.1 Å². The smallest absolute Gasteiger partial charge is 0.266 e. The van der Waals surface area contributed by atoms with Crippen LogP contribution in [0.1, 0.15) is 18.1 Å². The Morgan fingerprint density at radius 3 is 2.59 bits per heavy atom. The zero-order valence-electron chi connectivity index (χ0n) is 19.7. The summed E-state index contributed by atoms with van der Waals surface area (Å²) >= 11 is 18.8. The highest BCUT2D eigenvalue weighted by Crippen LogP contribution is 2.36. The molecule has 0 aromatic heterocycles. The van der Waals surface area contributed by atoms with Crippen molar-refractivity contribution in [3.05, 3.63) is 92.8 Å². The summed E-state index contributed by atoms with van der Waals surface area (Å²) in [5, 5.41) is 3.27. The number of ether oxygens (including phenoxy) is 2. The van der Waals surface area contributed by atoms with E-state index in [1.807, 2.05) is 37.3 Å². The van der Waals surface area contributed by atoms with E-state index < -0.39 is 5.91 Å². The van der Waals surface area contributed by atoms with Crippen LogP contribution in [0.4, 0.5) is 5.69 Å². The van der Waals surface area contributed by atoms with Crippen LogP contribution in [0.15, 0.2) is 71.6 Å². The standard InChI is InChI=1S/C27H22Cl2N2O4S2/c1-2-34-22-13-18(14-23-26(33)31(27(36)37-23)15-17-7-4-3-5-8-17)11-12-21(22)35-16-24(32)30-20-10-6-9-19(28)25(20)29/h3-14H,2,15-16H2,1H3,(H,30,32)/b23-14-. The molecule has 1 fully saturated rings. The summed E-state index contributed by atoms with van der Waals surface area (Å²) in [7, 11) is 0. The lowest BCUT2D eigenvalue weighted by Crippen LogP contribution is -2.27. The van der Waals surface area contributed by atoms with Crippen LogP contribution >= 0.6 is 47.2 Å². The number of nitrogens with one attached hydrogen (secondary N) is 1. The number of halogens is 2. The lowest BCUT2D eigenvalue weighted by Gasteiger charge is -2.14. The summed E-state index contributed by atoms with van der Waals surface area (Å²) in [6.45, 7) is 2.39. The third-order valence-electron chi connectivity index (χ3n) is 5.21. The van der Waals surface area contributed by atoms with E-state index in [9.17, 15) is 9.59 Å². The number of benzene rings is 3. The number of nitrogens with zero attached hydrogens (tertiary/aromatic N) is 1. The zero-order valence-corrected chi connectivity index (χ0v) is 22.8. The molecule has 0 aliphatic carbocycles. The Bertz CT molecular complexity index is 1370. The minimum Gasteiger partial charge on any atom is -0.490 e. The highest BCUT2D eigenvalue weighted by atomic mass is 35.5. The van der Waals surface area contributed by atoms with Crippen LogP contribution < -0.4 is 14.8 Å². The van der Waals surface area contributed by atoms with Gasteiger partial charge in [-0.3, -0.25) is 14.5 Å². The predicted octanol–water partition coefficient (Wildman–Crippen LogP) is 6.81. The Kier molecular flexibility index (Phi) is 9.10. The molecule has 0 saturated carbocycles. The number of amides is 2.